The van der Waals surface area contributed by atoms with Crippen LogP contribution in [0.4, 0.5) is 21.6 Å². The van der Waals surface area contributed by atoms with E-state index < -0.39 is 5.82 Å². The van der Waals surface area contributed by atoms with Crippen molar-refractivity contribution in [2.45, 2.75) is 31.8 Å². The van der Waals surface area contributed by atoms with Crippen LogP contribution in [-0.4, -0.2) is 61.4 Å². The Kier molecular flexibility index (Phi) is 7.24. The van der Waals surface area contributed by atoms with Crippen molar-refractivity contribution >= 4 is 40.4 Å². The van der Waals surface area contributed by atoms with Crippen LogP contribution in [0.2, 0.25) is 10.0 Å². The number of rotatable bonds is 5. The summed E-state index contributed by atoms with van der Waals surface area (Å²) >= 11 is 12.8. The predicted octanol–water partition coefficient (Wildman–Crippen LogP) is 6.11. The van der Waals surface area contributed by atoms with E-state index in [4.69, 9.17) is 23.2 Å². The Bertz CT molecular complexity index is 1230. The summed E-state index contributed by atoms with van der Waals surface area (Å²) in [7, 11) is 4.32. The monoisotopic (exact) mass is 528 g/mol. The number of benzene rings is 2. The lowest BCUT2D eigenvalue weighted by Gasteiger charge is -2.37. The van der Waals surface area contributed by atoms with E-state index in [0.717, 1.165) is 30.0 Å². The van der Waals surface area contributed by atoms with Gasteiger partial charge in [-0.15, -0.1) is 10.2 Å². The second kappa shape index (κ2) is 10.4. The molecule has 1 atom stereocenters. The number of nitrogens with zero attached hydrogens (tertiary/aromatic N) is 5. The quantitative estimate of drug-likeness (QED) is 0.403. The molecule has 36 heavy (non-hydrogen) atoms. The number of aromatic nitrogens is 2. The molecule has 1 aromatic heterocycles. The van der Waals surface area contributed by atoms with E-state index in [2.05, 4.69) is 68.6 Å². The van der Waals surface area contributed by atoms with Gasteiger partial charge in [-0.1, -0.05) is 35.3 Å². The number of anilines is 3. The Morgan fingerprint density at radius 1 is 1.03 bits per heavy atom. The third kappa shape index (κ3) is 4.84. The summed E-state index contributed by atoms with van der Waals surface area (Å²) < 4.78 is 14.2. The van der Waals surface area contributed by atoms with Crippen LogP contribution in [0, 0.1) is 5.82 Å². The van der Waals surface area contributed by atoms with Crippen molar-refractivity contribution in [2.75, 3.05) is 55.4 Å². The van der Waals surface area contributed by atoms with Crippen molar-refractivity contribution in [3.05, 3.63) is 63.9 Å². The molecule has 2 aliphatic rings. The number of nitrogens with one attached hydrogen (secondary N) is 1. The van der Waals surface area contributed by atoms with E-state index in [9.17, 15) is 4.39 Å². The van der Waals surface area contributed by atoms with Crippen LogP contribution < -0.4 is 15.1 Å². The average molecular weight is 529 g/mol. The highest BCUT2D eigenvalue weighted by molar-refractivity contribution is 6.36. The Labute approximate surface area is 222 Å². The molecule has 0 saturated carbocycles. The van der Waals surface area contributed by atoms with Crippen LogP contribution >= 0.6 is 23.2 Å². The number of halogens is 3. The highest BCUT2D eigenvalue weighted by Gasteiger charge is 2.28. The van der Waals surface area contributed by atoms with E-state index in [0.29, 0.717) is 35.5 Å². The molecule has 1 saturated heterocycles. The molecule has 6 nitrogen and oxygen atoms in total. The number of hydrogen-bond donors (Lipinski definition) is 1. The Hall–Kier alpha value is -2.61. The standard InChI is InChI=1S/C27H31Cl2FN6/c1-17(25-21(28)8-9-22(30)26(25)29)36-15-12-31-27-24(36)16-23(32-33-27)18-4-6-20(7-5-18)35-13-10-19(11-14-35)34(2)3/h4-9,16-17,19H,10-15H2,1-3H3,(H,31,33)/t17-/m1/s1. The highest BCUT2D eigenvalue weighted by Crippen LogP contribution is 2.41. The maximum atomic E-state index is 14.2. The SMILES string of the molecule is C[C@H](c1c(Cl)ccc(F)c1Cl)N1CCNc2nnc(-c3ccc(N4CCC(N(C)C)CC4)cc3)cc21. The lowest BCUT2D eigenvalue weighted by atomic mass is 10.0. The summed E-state index contributed by atoms with van der Waals surface area (Å²) in [6, 6.07) is 13.8. The second-order valence-electron chi connectivity index (χ2n) is 9.75. The van der Waals surface area contributed by atoms with E-state index >= 15 is 0 Å². The molecule has 2 aliphatic heterocycles. The number of piperidine rings is 1. The summed E-state index contributed by atoms with van der Waals surface area (Å²) in [5.41, 5.74) is 4.48. The summed E-state index contributed by atoms with van der Waals surface area (Å²) in [6.45, 7) is 5.49. The fraction of sp³-hybridized carbons (Fsp3) is 0.407. The zero-order chi connectivity index (χ0) is 25.4. The Morgan fingerprint density at radius 3 is 2.44 bits per heavy atom. The molecule has 0 aliphatic carbocycles. The first-order valence-electron chi connectivity index (χ1n) is 12.4. The minimum absolute atomic E-state index is 0.0579. The van der Waals surface area contributed by atoms with E-state index in [1.165, 1.54) is 24.6 Å². The molecule has 0 amide bonds. The zero-order valence-corrected chi connectivity index (χ0v) is 22.3. The van der Waals surface area contributed by atoms with Gasteiger partial charge >= 0.3 is 0 Å². The first-order chi connectivity index (χ1) is 17.3. The van der Waals surface area contributed by atoms with Gasteiger partial charge in [-0.3, -0.25) is 0 Å². The summed E-state index contributed by atoms with van der Waals surface area (Å²) in [5, 5.41) is 12.8. The Morgan fingerprint density at radius 2 is 1.75 bits per heavy atom. The third-order valence-electron chi connectivity index (χ3n) is 7.42. The zero-order valence-electron chi connectivity index (χ0n) is 20.8. The van der Waals surface area contributed by atoms with Gasteiger partial charge < -0.3 is 20.0 Å². The van der Waals surface area contributed by atoms with E-state index in [1.54, 1.807) is 6.07 Å². The van der Waals surface area contributed by atoms with Crippen LogP contribution in [0.1, 0.15) is 31.4 Å². The third-order valence-corrected chi connectivity index (χ3v) is 8.13. The molecule has 5 rings (SSSR count). The van der Waals surface area contributed by atoms with Gasteiger partial charge in [0.1, 0.15) is 5.82 Å². The summed E-state index contributed by atoms with van der Waals surface area (Å²) in [4.78, 5) is 6.92. The number of fused-ring (bicyclic) bond motifs is 1. The normalized spacial score (nSPS) is 17.2. The molecule has 3 aromatic rings. The van der Waals surface area contributed by atoms with Crippen molar-refractivity contribution in [1.29, 1.82) is 0 Å². The van der Waals surface area contributed by atoms with E-state index in [1.807, 2.05) is 13.0 Å². The first-order valence-corrected chi connectivity index (χ1v) is 13.1. The topological polar surface area (TPSA) is 47.5 Å². The minimum atomic E-state index is -0.474. The van der Waals surface area contributed by atoms with Gasteiger partial charge in [0.2, 0.25) is 0 Å². The van der Waals surface area contributed by atoms with Gasteiger partial charge in [-0.2, -0.15) is 0 Å². The molecular weight excluding hydrogens is 498 g/mol. The molecule has 1 fully saturated rings. The molecule has 2 aromatic carbocycles. The summed E-state index contributed by atoms with van der Waals surface area (Å²) in [6.07, 6.45) is 2.34. The second-order valence-corrected chi connectivity index (χ2v) is 10.5. The van der Waals surface area contributed by atoms with Crippen LogP contribution in [0.15, 0.2) is 42.5 Å². The van der Waals surface area contributed by atoms with Crippen molar-refractivity contribution in [2.24, 2.45) is 0 Å². The van der Waals surface area contributed by atoms with Crippen LogP contribution in [0.5, 0.6) is 0 Å². The van der Waals surface area contributed by atoms with Crippen molar-refractivity contribution in [1.82, 2.24) is 15.1 Å². The van der Waals surface area contributed by atoms with E-state index in [-0.39, 0.29) is 11.1 Å². The maximum Gasteiger partial charge on any atom is 0.172 e. The molecule has 0 unspecified atom stereocenters. The molecule has 1 N–H and O–H groups in total. The molecule has 190 valence electrons. The first kappa shape index (κ1) is 25.1. The molecule has 0 spiro atoms. The Balaban J connectivity index is 1.39. The largest absolute Gasteiger partial charge is 0.371 e. The van der Waals surface area contributed by atoms with Crippen LogP contribution in [-0.2, 0) is 0 Å². The van der Waals surface area contributed by atoms with Crippen molar-refractivity contribution < 1.29 is 4.39 Å². The van der Waals surface area contributed by atoms with Gasteiger partial charge in [0.25, 0.3) is 0 Å². The van der Waals surface area contributed by atoms with Crippen molar-refractivity contribution in [3.63, 3.8) is 0 Å². The molecule has 0 bridgehead atoms. The van der Waals surface area contributed by atoms with Crippen LogP contribution in [0.25, 0.3) is 11.3 Å². The van der Waals surface area contributed by atoms with Gasteiger partial charge in [0, 0.05) is 54.1 Å². The molecule has 0 radical (unpaired) electrons. The fourth-order valence-corrected chi connectivity index (χ4v) is 5.94. The predicted molar refractivity (Wildman–Crippen MR) is 147 cm³/mol. The lowest BCUT2D eigenvalue weighted by molar-refractivity contribution is 0.249. The van der Waals surface area contributed by atoms with Gasteiger partial charge in [-0.25, -0.2) is 4.39 Å². The minimum Gasteiger partial charge on any atom is -0.371 e. The lowest BCUT2D eigenvalue weighted by Crippen LogP contribution is -2.41. The smallest absolute Gasteiger partial charge is 0.172 e. The van der Waals surface area contributed by atoms with Gasteiger partial charge in [0.05, 0.1) is 22.4 Å². The van der Waals surface area contributed by atoms with Gasteiger partial charge in [0.15, 0.2) is 5.82 Å². The van der Waals surface area contributed by atoms with Gasteiger partial charge in [-0.05, 0) is 64.2 Å². The highest BCUT2D eigenvalue weighted by atomic mass is 35.5. The van der Waals surface area contributed by atoms with Crippen LogP contribution in [0.3, 0.4) is 0 Å². The number of hydrogen-bond acceptors (Lipinski definition) is 6. The maximum absolute atomic E-state index is 14.2. The van der Waals surface area contributed by atoms with Crippen molar-refractivity contribution in [3.8, 4) is 11.3 Å². The molecule has 9 heteroatoms. The average Bonchev–Trinajstić information content (AvgIpc) is 2.90. The fourth-order valence-electron chi connectivity index (χ4n) is 5.25. The molecule has 3 heterocycles. The molecular formula is C27H31Cl2FN6. The summed E-state index contributed by atoms with van der Waals surface area (Å²) in [5.74, 6) is 0.221.